The number of hydrogen-bond donors (Lipinski definition) is 0. The zero-order valence-electron chi connectivity index (χ0n) is 10.7. The Bertz CT molecular complexity index is 449. The number of Topliss-reactive ketones (excluding diaryl/α,β-unsaturated/α-hetero) is 1. The number of anilines is 1. The van der Waals surface area contributed by atoms with Crippen molar-refractivity contribution in [3.05, 3.63) is 29.6 Å². The number of benzene rings is 1. The zero-order chi connectivity index (χ0) is 12.7. The fourth-order valence-corrected chi connectivity index (χ4v) is 3.49. The van der Waals surface area contributed by atoms with E-state index in [4.69, 9.17) is 0 Å². The lowest BCUT2D eigenvalue weighted by Gasteiger charge is -2.47. The molecule has 0 amide bonds. The molecule has 0 spiro atoms. The van der Waals surface area contributed by atoms with Crippen LogP contribution in [0.4, 0.5) is 10.1 Å². The number of ketones is 1. The molecule has 2 heterocycles. The summed E-state index contributed by atoms with van der Waals surface area (Å²) in [5.41, 5.74) is 1.70. The molecule has 0 aromatic heterocycles. The Morgan fingerprint density at radius 3 is 2.50 bits per heavy atom. The highest BCUT2D eigenvalue weighted by atomic mass is 19.1. The summed E-state index contributed by atoms with van der Waals surface area (Å²) in [6, 6.07) is 5.64. The molecule has 1 aromatic rings. The predicted molar refractivity (Wildman–Crippen MR) is 69.3 cm³/mol. The molecule has 18 heavy (non-hydrogen) atoms. The summed E-state index contributed by atoms with van der Waals surface area (Å²) < 4.78 is 14.1. The molecule has 2 fully saturated rings. The first-order chi connectivity index (χ1) is 8.66. The van der Waals surface area contributed by atoms with Gasteiger partial charge in [0.2, 0.25) is 0 Å². The number of carbonyl (C=O) groups excluding carboxylic acids is 1. The lowest BCUT2D eigenvalue weighted by atomic mass is 9.83. The van der Waals surface area contributed by atoms with Gasteiger partial charge >= 0.3 is 0 Å². The monoisotopic (exact) mass is 247 g/mol. The van der Waals surface area contributed by atoms with Crippen molar-refractivity contribution < 1.29 is 9.18 Å². The largest absolute Gasteiger partial charge is 0.362 e. The highest BCUT2D eigenvalue weighted by Gasteiger charge is 2.38. The van der Waals surface area contributed by atoms with Crippen molar-refractivity contribution in [2.75, 3.05) is 4.90 Å². The highest BCUT2D eigenvalue weighted by Crippen LogP contribution is 2.38. The first-order valence-electron chi connectivity index (χ1n) is 6.72. The van der Waals surface area contributed by atoms with Crippen LogP contribution < -0.4 is 4.90 Å². The highest BCUT2D eigenvalue weighted by molar-refractivity contribution is 5.83. The number of rotatable bonds is 1. The van der Waals surface area contributed by atoms with Crippen molar-refractivity contribution >= 4 is 11.5 Å². The van der Waals surface area contributed by atoms with E-state index in [9.17, 15) is 9.18 Å². The smallest absolute Gasteiger partial charge is 0.146 e. The lowest BCUT2D eigenvalue weighted by Crippen LogP contribution is -2.53. The van der Waals surface area contributed by atoms with Crippen LogP contribution in [0.2, 0.25) is 0 Å². The van der Waals surface area contributed by atoms with Crippen LogP contribution in [-0.4, -0.2) is 17.9 Å². The number of para-hydroxylation sites is 1. The zero-order valence-corrected chi connectivity index (χ0v) is 10.7. The van der Waals surface area contributed by atoms with Crippen molar-refractivity contribution in [1.29, 1.82) is 0 Å². The minimum atomic E-state index is -0.152. The van der Waals surface area contributed by atoms with Crippen LogP contribution in [0.1, 0.15) is 37.7 Å². The maximum absolute atomic E-state index is 14.1. The molecule has 0 N–H and O–H groups in total. The topological polar surface area (TPSA) is 20.3 Å². The first kappa shape index (κ1) is 11.7. The average Bonchev–Trinajstić information content (AvgIpc) is 2.29. The van der Waals surface area contributed by atoms with Gasteiger partial charge in [-0.25, -0.2) is 4.39 Å². The third-order valence-electron chi connectivity index (χ3n) is 4.23. The summed E-state index contributed by atoms with van der Waals surface area (Å²) >= 11 is 0. The third-order valence-corrected chi connectivity index (χ3v) is 4.23. The van der Waals surface area contributed by atoms with Crippen LogP contribution in [0.3, 0.4) is 0 Å². The summed E-state index contributed by atoms with van der Waals surface area (Å²) in [6.45, 7) is 1.95. The number of hydrogen-bond acceptors (Lipinski definition) is 2. The van der Waals surface area contributed by atoms with Crippen LogP contribution in [0.5, 0.6) is 0 Å². The van der Waals surface area contributed by atoms with E-state index in [0.717, 1.165) is 30.5 Å². The molecule has 2 aliphatic heterocycles. The summed E-state index contributed by atoms with van der Waals surface area (Å²) in [4.78, 5) is 13.9. The van der Waals surface area contributed by atoms with Gasteiger partial charge in [0.15, 0.2) is 0 Å². The van der Waals surface area contributed by atoms with E-state index in [-0.39, 0.29) is 17.9 Å². The SMILES string of the molecule is Cc1cccc(F)c1N1C2CCCC1CC(=O)C2. The second-order valence-electron chi connectivity index (χ2n) is 5.50. The second-order valence-corrected chi connectivity index (χ2v) is 5.50. The Labute approximate surface area is 107 Å². The molecule has 2 atom stereocenters. The second kappa shape index (κ2) is 4.38. The van der Waals surface area contributed by atoms with Crippen molar-refractivity contribution in [1.82, 2.24) is 0 Å². The van der Waals surface area contributed by atoms with Gasteiger partial charge in [-0.2, -0.15) is 0 Å². The molecular formula is C15H18FNO. The van der Waals surface area contributed by atoms with Crippen molar-refractivity contribution in [3.8, 4) is 0 Å². The van der Waals surface area contributed by atoms with E-state index in [0.29, 0.717) is 18.6 Å². The predicted octanol–water partition coefficient (Wildman–Crippen LogP) is 3.22. The van der Waals surface area contributed by atoms with Crippen LogP contribution in [-0.2, 0) is 4.79 Å². The molecule has 3 heteroatoms. The normalized spacial score (nSPS) is 27.4. The van der Waals surface area contributed by atoms with Crippen LogP contribution in [0.15, 0.2) is 18.2 Å². The Kier molecular flexibility index (Phi) is 2.84. The molecule has 0 radical (unpaired) electrons. The number of fused-ring (bicyclic) bond motifs is 2. The van der Waals surface area contributed by atoms with Gasteiger partial charge in [-0.05, 0) is 37.8 Å². The molecule has 3 rings (SSSR count). The third kappa shape index (κ3) is 1.82. The number of piperidine rings is 2. The molecule has 96 valence electrons. The minimum absolute atomic E-state index is 0.152. The molecule has 2 nitrogen and oxygen atoms in total. The van der Waals surface area contributed by atoms with Gasteiger partial charge in [-0.3, -0.25) is 4.79 Å². The lowest BCUT2D eigenvalue weighted by molar-refractivity contribution is -0.121. The molecule has 2 aliphatic rings. The Hall–Kier alpha value is -1.38. The molecule has 2 bridgehead atoms. The van der Waals surface area contributed by atoms with Crippen molar-refractivity contribution in [2.24, 2.45) is 0 Å². The molecule has 1 aromatic carbocycles. The van der Waals surface area contributed by atoms with Crippen LogP contribution in [0.25, 0.3) is 0 Å². The van der Waals surface area contributed by atoms with E-state index in [1.54, 1.807) is 6.07 Å². The fourth-order valence-electron chi connectivity index (χ4n) is 3.49. The number of halogens is 1. The average molecular weight is 247 g/mol. The summed E-state index contributed by atoms with van der Waals surface area (Å²) in [5, 5.41) is 0. The van der Waals surface area contributed by atoms with Gasteiger partial charge in [0.1, 0.15) is 11.6 Å². The quantitative estimate of drug-likeness (QED) is 0.759. The van der Waals surface area contributed by atoms with Crippen molar-refractivity contribution in [2.45, 2.75) is 51.1 Å². The van der Waals surface area contributed by atoms with Gasteiger partial charge in [0, 0.05) is 24.9 Å². The van der Waals surface area contributed by atoms with E-state index in [1.807, 2.05) is 13.0 Å². The minimum Gasteiger partial charge on any atom is -0.362 e. The van der Waals surface area contributed by atoms with Gasteiger partial charge in [-0.15, -0.1) is 0 Å². The molecule has 2 saturated heterocycles. The molecular weight excluding hydrogens is 229 g/mol. The summed E-state index contributed by atoms with van der Waals surface area (Å²) in [7, 11) is 0. The van der Waals surface area contributed by atoms with Crippen LogP contribution >= 0.6 is 0 Å². The molecule has 2 unspecified atom stereocenters. The van der Waals surface area contributed by atoms with E-state index >= 15 is 0 Å². The van der Waals surface area contributed by atoms with Gasteiger partial charge in [-0.1, -0.05) is 12.1 Å². The molecule has 0 aliphatic carbocycles. The van der Waals surface area contributed by atoms with Crippen LogP contribution in [0, 0.1) is 12.7 Å². The maximum atomic E-state index is 14.1. The number of aryl methyl sites for hydroxylation is 1. The number of carbonyl (C=O) groups is 1. The van der Waals surface area contributed by atoms with Crippen molar-refractivity contribution in [3.63, 3.8) is 0 Å². The Morgan fingerprint density at radius 2 is 1.89 bits per heavy atom. The first-order valence-corrected chi connectivity index (χ1v) is 6.72. The van der Waals surface area contributed by atoms with Gasteiger partial charge in [0.25, 0.3) is 0 Å². The van der Waals surface area contributed by atoms with Gasteiger partial charge < -0.3 is 4.90 Å². The summed E-state index contributed by atoms with van der Waals surface area (Å²) in [6.07, 6.45) is 4.35. The molecule has 0 saturated carbocycles. The van der Waals surface area contributed by atoms with E-state index < -0.39 is 0 Å². The standard InChI is InChI=1S/C15H18FNO/c1-10-4-2-7-14(16)15(10)17-11-5-3-6-12(17)9-13(18)8-11/h2,4,7,11-12H,3,5-6,8-9H2,1H3. The van der Waals surface area contributed by atoms with Gasteiger partial charge in [0.05, 0.1) is 5.69 Å². The van der Waals surface area contributed by atoms with E-state index in [1.165, 1.54) is 6.07 Å². The Morgan fingerprint density at radius 1 is 1.22 bits per heavy atom. The van der Waals surface area contributed by atoms with E-state index in [2.05, 4.69) is 4.90 Å². The summed E-state index contributed by atoms with van der Waals surface area (Å²) in [5.74, 6) is 0.191. The maximum Gasteiger partial charge on any atom is 0.146 e. The Balaban J connectivity index is 2.03. The number of nitrogens with zero attached hydrogens (tertiary/aromatic N) is 1. The fraction of sp³-hybridized carbons (Fsp3) is 0.533.